The van der Waals surface area contributed by atoms with Crippen LogP contribution in [0, 0.1) is 12.3 Å². The normalized spacial score (nSPS) is 13.4. The fourth-order valence-electron chi connectivity index (χ4n) is 2.44. The first kappa shape index (κ1) is 20.4. The lowest BCUT2D eigenvalue weighted by molar-refractivity contribution is 0.174. The summed E-state index contributed by atoms with van der Waals surface area (Å²) < 4.78 is 27.2. The lowest BCUT2D eigenvalue weighted by Crippen LogP contribution is -2.44. The number of halogens is 1. The largest absolute Gasteiger partial charge is 0.465 e. The maximum atomic E-state index is 12.8. The molecule has 1 atom stereocenters. The van der Waals surface area contributed by atoms with Crippen molar-refractivity contribution in [1.29, 1.82) is 0 Å². The number of nitrogens with zero attached hydrogens (tertiary/aromatic N) is 2. The Morgan fingerprint density at radius 3 is 2.54 bits per heavy atom. The fraction of sp³-hybridized carbons (Fsp3) is 0.412. The molecule has 0 saturated heterocycles. The second-order valence-electron chi connectivity index (χ2n) is 7.18. The zero-order valence-corrected chi connectivity index (χ0v) is 17.4. The molecular formula is C17H22BrN3O4S. The van der Waals surface area contributed by atoms with Gasteiger partial charge in [-0.1, -0.05) is 20.8 Å². The van der Waals surface area contributed by atoms with E-state index in [1.807, 2.05) is 20.8 Å². The minimum Gasteiger partial charge on any atom is -0.465 e. The minimum absolute atomic E-state index is 0.0852. The smallest absolute Gasteiger partial charge is 0.404 e. The van der Waals surface area contributed by atoms with Crippen molar-refractivity contribution in [3.05, 3.63) is 46.5 Å². The van der Waals surface area contributed by atoms with Gasteiger partial charge in [0, 0.05) is 24.1 Å². The van der Waals surface area contributed by atoms with Crippen molar-refractivity contribution < 1.29 is 18.3 Å². The molecule has 9 heteroatoms. The Kier molecular flexibility index (Phi) is 5.82. The monoisotopic (exact) mass is 443 g/mol. The van der Waals surface area contributed by atoms with Crippen LogP contribution in [0.5, 0.6) is 0 Å². The van der Waals surface area contributed by atoms with Gasteiger partial charge in [0.2, 0.25) is 0 Å². The number of carbonyl (C=O) groups is 1. The predicted octanol–water partition coefficient (Wildman–Crippen LogP) is 3.42. The van der Waals surface area contributed by atoms with Crippen LogP contribution >= 0.6 is 15.9 Å². The van der Waals surface area contributed by atoms with Gasteiger partial charge in [0.05, 0.1) is 0 Å². The van der Waals surface area contributed by atoms with Gasteiger partial charge in [0.1, 0.15) is 9.50 Å². The third kappa shape index (κ3) is 4.64. The molecule has 0 bridgehead atoms. The van der Waals surface area contributed by atoms with E-state index in [4.69, 9.17) is 5.11 Å². The molecule has 0 spiro atoms. The van der Waals surface area contributed by atoms with Gasteiger partial charge >= 0.3 is 6.09 Å². The molecule has 1 amide bonds. The summed E-state index contributed by atoms with van der Waals surface area (Å²) in [5.74, 6) is 0. The molecule has 1 unspecified atom stereocenters. The Labute approximate surface area is 161 Å². The molecule has 2 rings (SSSR count). The first-order chi connectivity index (χ1) is 11.9. The summed E-state index contributed by atoms with van der Waals surface area (Å²) >= 11 is 3.28. The molecule has 0 aliphatic rings. The molecule has 2 aromatic rings. The van der Waals surface area contributed by atoms with E-state index in [0.29, 0.717) is 16.6 Å². The highest BCUT2D eigenvalue weighted by Gasteiger charge is 2.28. The summed E-state index contributed by atoms with van der Waals surface area (Å²) in [7, 11) is -3.79. The van der Waals surface area contributed by atoms with Crippen LogP contribution in [-0.2, 0) is 16.4 Å². The number of rotatable bonds is 5. The molecule has 0 fully saturated rings. The highest BCUT2D eigenvalue weighted by Crippen LogP contribution is 2.27. The van der Waals surface area contributed by atoms with Gasteiger partial charge in [-0.05, 0) is 58.5 Å². The third-order valence-corrected chi connectivity index (χ3v) is 6.53. The van der Waals surface area contributed by atoms with Gasteiger partial charge in [-0.15, -0.1) is 0 Å². The summed E-state index contributed by atoms with van der Waals surface area (Å²) in [5.41, 5.74) is 1.10. The highest BCUT2D eigenvalue weighted by molar-refractivity contribution is 9.10. The average molecular weight is 444 g/mol. The van der Waals surface area contributed by atoms with Gasteiger partial charge in [0.25, 0.3) is 10.0 Å². The summed E-state index contributed by atoms with van der Waals surface area (Å²) in [6, 6.07) is 4.46. The number of nitrogens with one attached hydrogen (secondary N) is 1. The average Bonchev–Trinajstić information content (AvgIpc) is 2.87. The van der Waals surface area contributed by atoms with E-state index < -0.39 is 16.1 Å². The second kappa shape index (κ2) is 7.40. The van der Waals surface area contributed by atoms with Crippen LogP contribution in [0.4, 0.5) is 4.79 Å². The summed E-state index contributed by atoms with van der Waals surface area (Å²) in [6.07, 6.45) is 2.08. The molecule has 0 saturated carbocycles. The van der Waals surface area contributed by atoms with Crippen LogP contribution in [0.3, 0.4) is 0 Å². The van der Waals surface area contributed by atoms with Crippen molar-refractivity contribution in [2.45, 2.75) is 45.1 Å². The van der Waals surface area contributed by atoms with E-state index in [1.54, 1.807) is 19.1 Å². The van der Waals surface area contributed by atoms with Crippen molar-refractivity contribution in [3.8, 4) is 0 Å². The van der Waals surface area contributed by atoms with E-state index in [0.717, 1.165) is 9.67 Å². The summed E-state index contributed by atoms with van der Waals surface area (Å²) in [6.45, 7) is 7.55. The zero-order chi connectivity index (χ0) is 19.7. The first-order valence-electron chi connectivity index (χ1n) is 7.95. The van der Waals surface area contributed by atoms with Crippen LogP contribution in [0.1, 0.15) is 32.0 Å². The Hall–Kier alpha value is -1.87. The maximum absolute atomic E-state index is 12.8. The molecule has 0 aliphatic heterocycles. The van der Waals surface area contributed by atoms with Crippen molar-refractivity contribution in [1.82, 2.24) is 14.3 Å². The predicted molar refractivity (Wildman–Crippen MR) is 102 cm³/mol. The number of amides is 1. The molecular weight excluding hydrogens is 422 g/mol. The number of aryl methyl sites for hydroxylation is 1. The molecule has 26 heavy (non-hydrogen) atoms. The molecule has 7 nitrogen and oxygen atoms in total. The fourth-order valence-corrected chi connectivity index (χ4v) is 4.62. The molecule has 0 aliphatic carbocycles. The van der Waals surface area contributed by atoms with Crippen molar-refractivity contribution in [3.63, 3.8) is 0 Å². The van der Waals surface area contributed by atoms with E-state index in [-0.39, 0.29) is 16.4 Å². The standard InChI is InChI=1S/C17H22BrN3O4S/c1-11-5-6-13(9-19-11)26(24,25)21-10-12(8-15(21)18)7-14(17(2,3)4)20-16(22)23/h5-6,8-10,14,20H,7H2,1-4H3,(H,22,23). The van der Waals surface area contributed by atoms with Gasteiger partial charge in [-0.2, -0.15) is 0 Å². The first-order valence-corrected chi connectivity index (χ1v) is 10.2. The van der Waals surface area contributed by atoms with E-state index in [1.165, 1.54) is 18.5 Å². The van der Waals surface area contributed by atoms with E-state index in [9.17, 15) is 13.2 Å². The van der Waals surface area contributed by atoms with Gasteiger partial charge < -0.3 is 10.4 Å². The second-order valence-corrected chi connectivity index (χ2v) is 9.81. The van der Waals surface area contributed by atoms with Crippen LogP contribution < -0.4 is 5.32 Å². The van der Waals surface area contributed by atoms with Crippen LogP contribution in [-0.4, -0.2) is 34.6 Å². The maximum Gasteiger partial charge on any atom is 0.404 e. The van der Waals surface area contributed by atoms with Crippen LogP contribution in [0.15, 0.2) is 40.1 Å². The Bertz CT molecular complexity index is 899. The van der Waals surface area contributed by atoms with Crippen molar-refractivity contribution >= 4 is 32.0 Å². The molecule has 0 radical (unpaired) electrons. The zero-order valence-electron chi connectivity index (χ0n) is 15.0. The van der Waals surface area contributed by atoms with Crippen molar-refractivity contribution in [2.24, 2.45) is 5.41 Å². The molecule has 2 N–H and O–H groups in total. The number of carboxylic acid groups (broad SMARTS) is 1. The number of aromatic nitrogens is 2. The Balaban J connectivity index is 2.36. The van der Waals surface area contributed by atoms with Gasteiger partial charge in [-0.25, -0.2) is 17.2 Å². The molecule has 142 valence electrons. The third-order valence-electron chi connectivity index (χ3n) is 4.02. The van der Waals surface area contributed by atoms with E-state index in [2.05, 4.69) is 26.2 Å². The topological polar surface area (TPSA) is 101 Å². The minimum atomic E-state index is -3.79. The molecule has 2 aromatic heterocycles. The molecule has 2 heterocycles. The number of pyridine rings is 1. The lowest BCUT2D eigenvalue weighted by atomic mass is 9.83. The lowest BCUT2D eigenvalue weighted by Gasteiger charge is -2.30. The van der Waals surface area contributed by atoms with E-state index >= 15 is 0 Å². The van der Waals surface area contributed by atoms with Crippen LogP contribution in [0.2, 0.25) is 0 Å². The highest BCUT2D eigenvalue weighted by atomic mass is 79.9. The SMILES string of the molecule is Cc1ccc(S(=O)(=O)n2cc(CC(NC(=O)O)C(C)(C)C)cc2Br)cn1. The Morgan fingerprint density at radius 2 is 2.04 bits per heavy atom. The molecule has 0 aromatic carbocycles. The van der Waals surface area contributed by atoms with Gasteiger partial charge in [-0.3, -0.25) is 4.98 Å². The summed E-state index contributed by atoms with van der Waals surface area (Å²) in [4.78, 5) is 15.2. The number of hydrogen-bond acceptors (Lipinski definition) is 4. The summed E-state index contributed by atoms with van der Waals surface area (Å²) in [5, 5.41) is 11.6. The number of hydrogen-bond donors (Lipinski definition) is 2. The van der Waals surface area contributed by atoms with Gasteiger partial charge in [0.15, 0.2) is 0 Å². The van der Waals surface area contributed by atoms with Crippen molar-refractivity contribution in [2.75, 3.05) is 0 Å². The van der Waals surface area contributed by atoms with Crippen LogP contribution in [0.25, 0.3) is 0 Å². The Morgan fingerprint density at radius 1 is 1.38 bits per heavy atom. The quantitative estimate of drug-likeness (QED) is 0.736.